The molecule has 0 aliphatic carbocycles. The number of amides is 2. The highest BCUT2D eigenvalue weighted by Gasteiger charge is 2.31. The van der Waals surface area contributed by atoms with Crippen molar-refractivity contribution in [2.75, 3.05) is 36.0 Å². The molecule has 0 N–H and O–H groups in total. The summed E-state index contributed by atoms with van der Waals surface area (Å²) in [5.74, 6) is 0.587. The molecule has 40 heavy (non-hydrogen) atoms. The Kier molecular flexibility index (Phi) is 7.33. The quantitative estimate of drug-likeness (QED) is 0.311. The van der Waals surface area contributed by atoms with Gasteiger partial charge >= 0.3 is 0 Å². The van der Waals surface area contributed by atoms with E-state index in [-0.39, 0.29) is 11.8 Å². The Morgan fingerprint density at radius 2 is 1.68 bits per heavy atom. The van der Waals surface area contributed by atoms with E-state index < -0.39 is 0 Å². The number of carbonyl (C=O) groups excluding carboxylic acids is 2. The highest BCUT2D eigenvalue weighted by atomic mass is 32.2. The lowest BCUT2D eigenvalue weighted by Gasteiger charge is -2.35. The van der Waals surface area contributed by atoms with Crippen molar-refractivity contribution in [1.29, 1.82) is 0 Å². The molecule has 2 aliphatic rings. The number of thioether (sulfide) groups is 1. The first kappa shape index (κ1) is 25.8. The molecule has 1 fully saturated rings. The van der Waals surface area contributed by atoms with E-state index in [4.69, 9.17) is 0 Å². The molecule has 2 aliphatic heterocycles. The number of hydrogen-bond donors (Lipinski definition) is 0. The molecule has 7 nitrogen and oxygen atoms in total. The maximum absolute atomic E-state index is 13.9. The van der Waals surface area contributed by atoms with Crippen molar-refractivity contribution in [3.8, 4) is 0 Å². The molecule has 0 saturated carbocycles. The number of nitrogens with zero attached hydrogens (tertiary/aromatic N) is 5. The van der Waals surface area contributed by atoms with Crippen LogP contribution in [0.3, 0.4) is 0 Å². The molecule has 4 aromatic rings. The van der Waals surface area contributed by atoms with Crippen molar-refractivity contribution in [2.24, 2.45) is 0 Å². The van der Waals surface area contributed by atoms with Crippen molar-refractivity contribution in [3.63, 3.8) is 0 Å². The summed E-state index contributed by atoms with van der Waals surface area (Å²) in [4.78, 5) is 43.5. The fourth-order valence-corrected chi connectivity index (χ4v) is 6.08. The number of hydrogen-bond acceptors (Lipinski definition) is 6. The van der Waals surface area contributed by atoms with Crippen molar-refractivity contribution < 1.29 is 9.59 Å². The average molecular weight is 548 g/mol. The number of benzene rings is 3. The normalized spacial score (nSPS) is 16.3. The molecule has 0 radical (unpaired) electrons. The topological polar surface area (TPSA) is 69.6 Å². The van der Waals surface area contributed by atoms with Crippen molar-refractivity contribution in [3.05, 3.63) is 118 Å². The molecule has 0 bridgehead atoms. The first-order chi connectivity index (χ1) is 19.5. The van der Waals surface area contributed by atoms with Gasteiger partial charge in [0.1, 0.15) is 0 Å². The smallest absolute Gasteiger partial charge is 0.265 e. The minimum atomic E-state index is -0.0658. The number of anilines is 2. The molecule has 1 saturated heterocycles. The molecule has 1 aromatic heterocycles. The summed E-state index contributed by atoms with van der Waals surface area (Å²) in [5, 5.41) is 0. The Bertz CT molecular complexity index is 1570. The summed E-state index contributed by atoms with van der Waals surface area (Å²) in [6.45, 7) is 4.97. The molecular weight excluding hydrogens is 518 g/mol. The van der Waals surface area contributed by atoms with Gasteiger partial charge in [-0.25, -0.2) is 9.97 Å². The fraction of sp³-hybridized carbons (Fsp3) is 0.188. The van der Waals surface area contributed by atoms with E-state index in [9.17, 15) is 9.59 Å². The summed E-state index contributed by atoms with van der Waals surface area (Å²) in [6.07, 6.45) is 5.40. The van der Waals surface area contributed by atoms with E-state index in [1.54, 1.807) is 23.4 Å². The Morgan fingerprint density at radius 3 is 2.42 bits per heavy atom. The Hall–Kier alpha value is -4.43. The van der Waals surface area contributed by atoms with Crippen LogP contribution in [0.15, 0.2) is 101 Å². The van der Waals surface area contributed by atoms with Crippen molar-refractivity contribution >= 4 is 41.3 Å². The molecule has 6 rings (SSSR count). The van der Waals surface area contributed by atoms with Crippen LogP contribution in [0.4, 0.5) is 11.6 Å². The first-order valence-electron chi connectivity index (χ1n) is 13.3. The molecule has 0 atom stereocenters. The Balaban J connectivity index is 1.28. The SMILES string of the molecule is Cc1cccc(CN2C(=O)/C(=C/c3ccccc3)Sc3ccc(C(=O)N4CCN(c5ncccn5)CC4)cc32)c1. The van der Waals surface area contributed by atoms with Crippen LogP contribution < -0.4 is 9.80 Å². The maximum atomic E-state index is 13.9. The van der Waals surface area contributed by atoms with Crippen LogP contribution in [-0.4, -0.2) is 52.9 Å². The zero-order chi connectivity index (χ0) is 27.5. The summed E-state index contributed by atoms with van der Waals surface area (Å²) in [5.41, 5.74) is 4.51. The van der Waals surface area contributed by atoms with E-state index in [2.05, 4.69) is 20.9 Å². The Morgan fingerprint density at radius 1 is 0.900 bits per heavy atom. The molecule has 3 aromatic carbocycles. The van der Waals surface area contributed by atoms with Crippen LogP contribution in [-0.2, 0) is 11.3 Å². The second-order valence-electron chi connectivity index (χ2n) is 9.91. The fourth-order valence-electron chi connectivity index (χ4n) is 5.04. The predicted molar refractivity (Wildman–Crippen MR) is 159 cm³/mol. The zero-order valence-corrected chi connectivity index (χ0v) is 23.1. The lowest BCUT2D eigenvalue weighted by atomic mass is 10.1. The second kappa shape index (κ2) is 11.4. The van der Waals surface area contributed by atoms with E-state index in [1.165, 1.54) is 11.8 Å². The molecule has 0 unspecified atom stereocenters. The van der Waals surface area contributed by atoms with Crippen molar-refractivity contribution in [2.45, 2.75) is 18.4 Å². The van der Waals surface area contributed by atoms with Gasteiger partial charge in [-0.1, -0.05) is 71.9 Å². The van der Waals surface area contributed by atoms with Gasteiger partial charge in [0.05, 0.1) is 17.1 Å². The van der Waals surface area contributed by atoms with E-state index in [1.807, 2.05) is 84.6 Å². The second-order valence-corrected chi connectivity index (χ2v) is 11.0. The monoisotopic (exact) mass is 547 g/mol. The van der Waals surface area contributed by atoms with Gasteiger partial charge in [0.2, 0.25) is 5.95 Å². The molecular formula is C32H29N5O2S. The number of aromatic nitrogens is 2. The van der Waals surface area contributed by atoms with E-state index >= 15 is 0 Å². The number of aryl methyl sites for hydroxylation is 1. The molecule has 200 valence electrons. The lowest BCUT2D eigenvalue weighted by Crippen LogP contribution is -2.49. The first-order valence-corrected chi connectivity index (χ1v) is 14.1. The van der Waals surface area contributed by atoms with Crippen LogP contribution in [0.2, 0.25) is 0 Å². The minimum Gasteiger partial charge on any atom is -0.337 e. The lowest BCUT2D eigenvalue weighted by molar-refractivity contribution is -0.114. The van der Waals surface area contributed by atoms with Crippen LogP contribution >= 0.6 is 11.8 Å². The Labute approximate surface area is 238 Å². The van der Waals surface area contributed by atoms with Gasteiger partial charge in [0.25, 0.3) is 11.8 Å². The average Bonchev–Trinajstić information content (AvgIpc) is 3.00. The van der Waals surface area contributed by atoms with E-state index in [0.717, 1.165) is 27.3 Å². The predicted octanol–water partition coefficient (Wildman–Crippen LogP) is 5.43. The largest absolute Gasteiger partial charge is 0.337 e. The third-order valence-electron chi connectivity index (χ3n) is 7.09. The molecule has 0 spiro atoms. The number of rotatable bonds is 5. The van der Waals surface area contributed by atoms with Gasteiger partial charge in [-0.3, -0.25) is 9.59 Å². The van der Waals surface area contributed by atoms with Crippen molar-refractivity contribution in [1.82, 2.24) is 14.9 Å². The molecule has 8 heteroatoms. The summed E-state index contributed by atoms with van der Waals surface area (Å²) in [6, 6.07) is 25.6. The highest BCUT2D eigenvalue weighted by molar-refractivity contribution is 8.04. The number of carbonyl (C=O) groups is 2. The number of piperazine rings is 1. The van der Waals surface area contributed by atoms with Gasteiger partial charge in [-0.2, -0.15) is 0 Å². The van der Waals surface area contributed by atoms with E-state index in [0.29, 0.717) is 49.1 Å². The minimum absolute atomic E-state index is 0.0324. The third-order valence-corrected chi connectivity index (χ3v) is 8.17. The van der Waals surface area contributed by atoms with Gasteiger partial charge in [-0.15, -0.1) is 0 Å². The van der Waals surface area contributed by atoms with Gasteiger partial charge < -0.3 is 14.7 Å². The van der Waals surface area contributed by atoms with Crippen LogP contribution in [0.1, 0.15) is 27.0 Å². The van der Waals surface area contributed by atoms with Crippen LogP contribution in [0.5, 0.6) is 0 Å². The summed E-state index contributed by atoms with van der Waals surface area (Å²) in [7, 11) is 0. The molecule has 3 heterocycles. The van der Waals surface area contributed by atoms with Crippen LogP contribution in [0.25, 0.3) is 6.08 Å². The summed E-state index contributed by atoms with van der Waals surface area (Å²) >= 11 is 1.46. The standard InChI is InChI=1S/C32H29N5O2S/c1-23-7-5-10-25(19-23)22-37-27-21-26(30(38)35-15-17-36(18-16-35)32-33-13-6-14-34-32)11-12-28(27)40-29(31(37)39)20-24-8-3-2-4-9-24/h2-14,19-21H,15-18,22H2,1H3/b29-20-. The third kappa shape index (κ3) is 5.49. The van der Waals surface area contributed by atoms with Gasteiger partial charge in [-0.05, 0) is 48.4 Å². The van der Waals surface area contributed by atoms with Gasteiger partial charge in [0.15, 0.2) is 0 Å². The summed E-state index contributed by atoms with van der Waals surface area (Å²) < 4.78 is 0. The van der Waals surface area contributed by atoms with Gasteiger partial charge in [0, 0.05) is 49.0 Å². The highest BCUT2D eigenvalue weighted by Crippen LogP contribution is 2.43. The number of fused-ring (bicyclic) bond motifs is 1. The maximum Gasteiger partial charge on any atom is 0.265 e. The zero-order valence-electron chi connectivity index (χ0n) is 22.2. The van der Waals surface area contributed by atoms with Crippen LogP contribution in [0, 0.1) is 6.92 Å². The molecule has 2 amide bonds.